The van der Waals surface area contributed by atoms with E-state index in [4.69, 9.17) is 0 Å². The average Bonchev–Trinajstić information content (AvgIpc) is 2.84. The Labute approximate surface area is 140 Å². The number of aryl methyl sites for hydroxylation is 1. The van der Waals surface area contributed by atoms with E-state index >= 15 is 0 Å². The molecule has 3 nitrogen and oxygen atoms in total. The van der Waals surface area contributed by atoms with E-state index in [9.17, 15) is 4.79 Å². The van der Waals surface area contributed by atoms with Crippen molar-refractivity contribution in [3.05, 3.63) is 35.9 Å². The Morgan fingerprint density at radius 3 is 2.48 bits per heavy atom. The number of amides is 1. The zero-order valence-corrected chi connectivity index (χ0v) is 14.5. The predicted molar refractivity (Wildman–Crippen MR) is 94.3 cm³/mol. The molecule has 0 aliphatic carbocycles. The van der Waals surface area contributed by atoms with Gasteiger partial charge in [-0.15, -0.1) is 0 Å². The van der Waals surface area contributed by atoms with Crippen LogP contribution in [0.2, 0.25) is 0 Å². The fraction of sp³-hybridized carbons (Fsp3) is 0.650. The molecule has 3 heteroatoms. The van der Waals surface area contributed by atoms with Crippen molar-refractivity contribution in [1.82, 2.24) is 10.6 Å². The fourth-order valence-electron chi connectivity index (χ4n) is 4.20. The highest BCUT2D eigenvalue weighted by Gasteiger charge is 2.34. The third-order valence-electron chi connectivity index (χ3n) is 5.40. The highest BCUT2D eigenvalue weighted by Crippen LogP contribution is 2.32. The smallest absolute Gasteiger partial charge is 0.220 e. The summed E-state index contributed by atoms with van der Waals surface area (Å²) in [6.45, 7) is 4.28. The number of carbonyl (C=O) groups is 1. The Morgan fingerprint density at radius 2 is 1.83 bits per heavy atom. The highest BCUT2D eigenvalue weighted by molar-refractivity contribution is 5.77. The van der Waals surface area contributed by atoms with Gasteiger partial charge in [-0.3, -0.25) is 4.79 Å². The van der Waals surface area contributed by atoms with Crippen molar-refractivity contribution in [2.75, 3.05) is 0 Å². The summed E-state index contributed by atoms with van der Waals surface area (Å²) in [7, 11) is 0. The van der Waals surface area contributed by atoms with Crippen LogP contribution in [0.3, 0.4) is 0 Å². The first-order chi connectivity index (χ1) is 11.0. The summed E-state index contributed by atoms with van der Waals surface area (Å²) in [4.78, 5) is 12.4. The Hall–Kier alpha value is -1.35. The van der Waals surface area contributed by atoms with Gasteiger partial charge < -0.3 is 10.6 Å². The summed E-state index contributed by atoms with van der Waals surface area (Å²) in [6.07, 6.45) is 7.62. The van der Waals surface area contributed by atoms with Gasteiger partial charge in [-0.25, -0.2) is 0 Å². The van der Waals surface area contributed by atoms with Gasteiger partial charge in [-0.2, -0.15) is 0 Å². The number of hydrogen-bond donors (Lipinski definition) is 2. The number of rotatable bonds is 6. The van der Waals surface area contributed by atoms with Crippen molar-refractivity contribution in [2.24, 2.45) is 5.92 Å². The molecule has 0 saturated carbocycles. The molecule has 2 saturated heterocycles. The van der Waals surface area contributed by atoms with E-state index in [1.165, 1.54) is 31.2 Å². The number of nitrogens with one attached hydrogen (secondary N) is 2. The summed E-state index contributed by atoms with van der Waals surface area (Å²) in [5, 5.41) is 6.91. The van der Waals surface area contributed by atoms with Crippen LogP contribution in [-0.4, -0.2) is 23.5 Å². The zero-order valence-electron chi connectivity index (χ0n) is 14.5. The van der Waals surface area contributed by atoms with Crippen molar-refractivity contribution in [1.29, 1.82) is 0 Å². The molecule has 0 aromatic heterocycles. The molecule has 2 heterocycles. The average molecular weight is 314 g/mol. The predicted octanol–water partition coefficient (Wildman–Crippen LogP) is 3.43. The lowest BCUT2D eigenvalue weighted by molar-refractivity contribution is -0.123. The van der Waals surface area contributed by atoms with E-state index < -0.39 is 0 Å². The fourth-order valence-corrected chi connectivity index (χ4v) is 4.20. The molecular weight excluding hydrogens is 284 g/mol. The molecule has 2 N–H and O–H groups in total. The van der Waals surface area contributed by atoms with Crippen molar-refractivity contribution < 1.29 is 4.79 Å². The van der Waals surface area contributed by atoms with Crippen molar-refractivity contribution in [3.63, 3.8) is 0 Å². The molecule has 3 rings (SSSR count). The second-order valence-electron chi connectivity index (χ2n) is 8.10. The minimum Gasteiger partial charge on any atom is -0.351 e. The summed E-state index contributed by atoms with van der Waals surface area (Å²) >= 11 is 0. The topological polar surface area (TPSA) is 41.1 Å². The van der Waals surface area contributed by atoms with Crippen LogP contribution in [0.5, 0.6) is 0 Å². The molecular formula is C20H30N2O. The molecule has 126 valence electrons. The first kappa shape index (κ1) is 16.5. The molecule has 2 unspecified atom stereocenters. The first-order valence-corrected chi connectivity index (χ1v) is 9.11. The number of carbonyl (C=O) groups excluding carboxylic acids is 1. The molecule has 1 aromatic carbocycles. The molecule has 2 aliphatic rings. The van der Waals surface area contributed by atoms with Crippen LogP contribution in [-0.2, 0) is 11.2 Å². The van der Waals surface area contributed by atoms with Gasteiger partial charge in [0.2, 0.25) is 5.91 Å². The third-order valence-corrected chi connectivity index (χ3v) is 5.40. The van der Waals surface area contributed by atoms with Crippen LogP contribution in [0.15, 0.2) is 30.3 Å². The molecule has 23 heavy (non-hydrogen) atoms. The van der Waals surface area contributed by atoms with Gasteiger partial charge in [-0.05, 0) is 63.9 Å². The lowest BCUT2D eigenvalue weighted by atomic mass is 9.88. The molecule has 0 radical (unpaired) electrons. The second kappa shape index (κ2) is 7.04. The summed E-state index contributed by atoms with van der Waals surface area (Å²) in [5.74, 6) is 0.799. The Balaban J connectivity index is 1.44. The normalized spacial score (nSPS) is 27.0. The van der Waals surface area contributed by atoms with E-state index in [0.717, 1.165) is 12.8 Å². The van der Waals surface area contributed by atoms with Crippen LogP contribution < -0.4 is 10.6 Å². The van der Waals surface area contributed by atoms with Crippen LogP contribution in [0.25, 0.3) is 0 Å². The molecule has 2 fully saturated rings. The maximum Gasteiger partial charge on any atom is 0.220 e. The van der Waals surface area contributed by atoms with Crippen LogP contribution in [0.1, 0.15) is 57.9 Å². The van der Waals surface area contributed by atoms with E-state index in [0.29, 0.717) is 24.4 Å². The largest absolute Gasteiger partial charge is 0.351 e. The number of piperidine rings is 1. The van der Waals surface area contributed by atoms with Crippen LogP contribution in [0, 0.1) is 5.92 Å². The summed E-state index contributed by atoms with van der Waals surface area (Å²) < 4.78 is 0. The maximum atomic E-state index is 12.4. The molecule has 2 atom stereocenters. The van der Waals surface area contributed by atoms with Crippen molar-refractivity contribution in [3.8, 4) is 0 Å². The number of fused-ring (bicyclic) bond motifs is 2. The summed E-state index contributed by atoms with van der Waals surface area (Å²) in [5.41, 5.74) is 1.20. The molecule has 2 aliphatic heterocycles. The monoisotopic (exact) mass is 314 g/mol. The Kier molecular flexibility index (Phi) is 5.05. The van der Waals surface area contributed by atoms with E-state index in [-0.39, 0.29) is 11.4 Å². The van der Waals surface area contributed by atoms with Gasteiger partial charge in [0, 0.05) is 24.0 Å². The van der Waals surface area contributed by atoms with Gasteiger partial charge in [-0.1, -0.05) is 30.3 Å². The molecule has 1 amide bonds. The highest BCUT2D eigenvalue weighted by atomic mass is 16.1. The third kappa shape index (κ3) is 4.81. The van der Waals surface area contributed by atoms with Gasteiger partial charge >= 0.3 is 0 Å². The van der Waals surface area contributed by atoms with Gasteiger partial charge in [0.25, 0.3) is 0 Å². The van der Waals surface area contributed by atoms with Gasteiger partial charge in [0.1, 0.15) is 0 Å². The zero-order chi connectivity index (χ0) is 16.3. The Morgan fingerprint density at radius 1 is 1.17 bits per heavy atom. The SMILES string of the molecule is CC(C)(CCc1ccccc1)NC(=O)CC1CC2CCC(C1)N2. The second-order valence-corrected chi connectivity index (χ2v) is 8.10. The lowest BCUT2D eigenvalue weighted by Gasteiger charge is -2.31. The standard InChI is InChI=1S/C20H30N2O/c1-20(2,11-10-15-6-4-3-5-7-15)22-19(23)14-16-12-17-8-9-18(13-16)21-17/h3-7,16-18,21H,8-14H2,1-2H3,(H,22,23). The Bertz CT molecular complexity index is 514. The van der Waals surface area contributed by atoms with Crippen molar-refractivity contribution >= 4 is 5.91 Å². The summed E-state index contributed by atoms with van der Waals surface area (Å²) in [6, 6.07) is 11.8. The quantitative estimate of drug-likeness (QED) is 0.844. The van der Waals surface area contributed by atoms with E-state index in [1.54, 1.807) is 0 Å². The number of hydrogen-bond acceptors (Lipinski definition) is 2. The van der Waals surface area contributed by atoms with Gasteiger partial charge in [0.05, 0.1) is 0 Å². The van der Waals surface area contributed by atoms with Crippen LogP contribution in [0.4, 0.5) is 0 Å². The molecule has 0 spiro atoms. The van der Waals surface area contributed by atoms with E-state index in [2.05, 4.69) is 48.7 Å². The molecule has 2 bridgehead atoms. The number of benzene rings is 1. The maximum absolute atomic E-state index is 12.4. The van der Waals surface area contributed by atoms with E-state index in [1.807, 2.05) is 6.07 Å². The van der Waals surface area contributed by atoms with Crippen molar-refractivity contribution in [2.45, 2.75) is 76.4 Å². The van der Waals surface area contributed by atoms with Gasteiger partial charge in [0.15, 0.2) is 0 Å². The lowest BCUT2D eigenvalue weighted by Crippen LogP contribution is -2.45. The van der Waals surface area contributed by atoms with Crippen LogP contribution >= 0.6 is 0 Å². The first-order valence-electron chi connectivity index (χ1n) is 9.11. The molecule has 1 aromatic rings. The minimum absolute atomic E-state index is 0.140. The minimum atomic E-state index is -0.140.